The highest BCUT2D eigenvalue weighted by atomic mass is 19.4. The van der Waals surface area contributed by atoms with Crippen LogP contribution in [-0.2, 0) is 20.4 Å². The summed E-state index contributed by atoms with van der Waals surface area (Å²) in [5, 5.41) is 15.5. The van der Waals surface area contributed by atoms with E-state index >= 15 is 0 Å². The molecule has 0 saturated carbocycles. The van der Waals surface area contributed by atoms with Crippen LogP contribution in [0.3, 0.4) is 0 Å². The van der Waals surface area contributed by atoms with Gasteiger partial charge in [-0.05, 0) is 0 Å². The van der Waals surface area contributed by atoms with Crippen LogP contribution >= 0.6 is 0 Å². The Morgan fingerprint density at radius 1 is 1.45 bits per heavy atom. The van der Waals surface area contributed by atoms with Crippen molar-refractivity contribution in [3.8, 4) is 0 Å². The molecule has 0 aliphatic heterocycles. The van der Waals surface area contributed by atoms with Crippen molar-refractivity contribution in [2.24, 2.45) is 0 Å². The third-order valence-electron chi connectivity index (χ3n) is 1.93. The van der Waals surface area contributed by atoms with E-state index in [2.05, 4.69) is 19.9 Å². The average molecular weight is 327 g/mol. The molecule has 0 unspecified atom stereocenters. The van der Waals surface area contributed by atoms with E-state index in [0.29, 0.717) is 0 Å². The van der Waals surface area contributed by atoms with Gasteiger partial charge >= 0.3 is 12.1 Å². The highest BCUT2D eigenvalue weighted by Crippen LogP contribution is 2.31. The molecule has 1 aromatic rings. The molecule has 0 bridgehead atoms. The normalized spacial score (nSPS) is 10.6. The SMILES string of the molecule is COC.O=C(O)COCCNc1cn[nH]c(=O)c1C(F)(F)F. The molecule has 0 fully saturated rings. The van der Waals surface area contributed by atoms with Crippen molar-refractivity contribution in [2.75, 3.05) is 39.3 Å². The van der Waals surface area contributed by atoms with Crippen molar-refractivity contribution in [3.05, 3.63) is 22.1 Å². The molecule has 0 atom stereocenters. The second-order valence-corrected chi connectivity index (χ2v) is 3.77. The molecule has 0 radical (unpaired) electrons. The highest BCUT2D eigenvalue weighted by molar-refractivity contribution is 5.67. The van der Waals surface area contributed by atoms with Gasteiger partial charge in [0, 0.05) is 20.8 Å². The first-order chi connectivity index (χ1) is 10.2. The maximum absolute atomic E-state index is 12.6. The van der Waals surface area contributed by atoms with Gasteiger partial charge < -0.3 is 19.9 Å². The Bertz CT molecular complexity index is 518. The summed E-state index contributed by atoms with van der Waals surface area (Å²) in [5.74, 6) is -1.19. The summed E-state index contributed by atoms with van der Waals surface area (Å²) in [6.45, 7) is -0.778. The zero-order valence-corrected chi connectivity index (χ0v) is 11.9. The van der Waals surface area contributed by atoms with E-state index in [1.807, 2.05) is 0 Å². The predicted molar refractivity (Wildman–Crippen MR) is 69.7 cm³/mol. The molecule has 0 aromatic carbocycles. The molecule has 1 rings (SSSR count). The van der Waals surface area contributed by atoms with E-state index in [0.717, 1.165) is 6.20 Å². The van der Waals surface area contributed by atoms with Gasteiger partial charge in [0.05, 0.1) is 18.5 Å². The summed E-state index contributed by atoms with van der Waals surface area (Å²) in [6.07, 6.45) is -4.00. The van der Waals surface area contributed by atoms with E-state index in [4.69, 9.17) is 5.11 Å². The number of anilines is 1. The Morgan fingerprint density at radius 2 is 2.05 bits per heavy atom. The van der Waals surface area contributed by atoms with Crippen LogP contribution in [0.4, 0.5) is 18.9 Å². The van der Waals surface area contributed by atoms with Crippen LogP contribution in [0.25, 0.3) is 0 Å². The van der Waals surface area contributed by atoms with Gasteiger partial charge in [-0.3, -0.25) is 4.79 Å². The number of alkyl halides is 3. The Morgan fingerprint density at radius 3 is 2.55 bits per heavy atom. The zero-order chi connectivity index (χ0) is 17.2. The fourth-order valence-corrected chi connectivity index (χ4v) is 1.23. The topological polar surface area (TPSA) is 114 Å². The zero-order valence-electron chi connectivity index (χ0n) is 11.9. The first-order valence-electron chi connectivity index (χ1n) is 5.82. The number of rotatable bonds is 6. The molecule has 0 aliphatic carbocycles. The van der Waals surface area contributed by atoms with Crippen LogP contribution < -0.4 is 10.9 Å². The van der Waals surface area contributed by atoms with Gasteiger partial charge in [-0.2, -0.15) is 18.3 Å². The van der Waals surface area contributed by atoms with Gasteiger partial charge in [-0.1, -0.05) is 0 Å². The van der Waals surface area contributed by atoms with Gasteiger partial charge in [-0.25, -0.2) is 9.89 Å². The van der Waals surface area contributed by atoms with Crippen LogP contribution in [0.1, 0.15) is 5.56 Å². The Labute approximate surface area is 123 Å². The van der Waals surface area contributed by atoms with Gasteiger partial charge in [-0.15, -0.1) is 0 Å². The minimum atomic E-state index is -4.82. The molecule has 0 aliphatic rings. The van der Waals surface area contributed by atoms with Crippen LogP contribution in [0.2, 0.25) is 0 Å². The number of methoxy groups -OCH3 is 1. The van der Waals surface area contributed by atoms with Gasteiger partial charge in [0.1, 0.15) is 12.2 Å². The summed E-state index contributed by atoms with van der Waals surface area (Å²) >= 11 is 0. The number of hydrogen-bond donors (Lipinski definition) is 3. The third-order valence-corrected chi connectivity index (χ3v) is 1.93. The van der Waals surface area contributed by atoms with Crippen molar-refractivity contribution in [2.45, 2.75) is 6.18 Å². The number of H-pyrrole nitrogens is 1. The Hall–Kier alpha value is -2.14. The average Bonchev–Trinajstić information content (AvgIpc) is 2.37. The number of aliphatic carboxylic acids is 1. The fraction of sp³-hybridized carbons (Fsp3) is 0.545. The fourth-order valence-electron chi connectivity index (χ4n) is 1.23. The van der Waals surface area contributed by atoms with Gasteiger partial charge in [0.2, 0.25) is 0 Å². The maximum atomic E-state index is 12.6. The van der Waals surface area contributed by atoms with E-state index in [-0.39, 0.29) is 13.2 Å². The molecule has 126 valence electrons. The first kappa shape index (κ1) is 19.9. The van der Waals surface area contributed by atoms with Crippen molar-refractivity contribution in [3.63, 3.8) is 0 Å². The molecule has 0 spiro atoms. The number of carboxylic acid groups (broad SMARTS) is 1. The monoisotopic (exact) mass is 327 g/mol. The second kappa shape index (κ2) is 9.73. The lowest BCUT2D eigenvalue weighted by atomic mass is 10.2. The number of halogens is 3. The lowest BCUT2D eigenvalue weighted by molar-refractivity contribution is -0.142. The Balaban J connectivity index is 0.00000135. The summed E-state index contributed by atoms with van der Waals surface area (Å²) in [5.41, 5.74) is -3.24. The van der Waals surface area contributed by atoms with Crippen molar-refractivity contribution < 1.29 is 32.5 Å². The number of carboxylic acids is 1. The van der Waals surface area contributed by atoms with Crippen LogP contribution in [0.5, 0.6) is 0 Å². The highest BCUT2D eigenvalue weighted by Gasteiger charge is 2.37. The minimum Gasteiger partial charge on any atom is -0.480 e. The predicted octanol–water partition coefficient (Wildman–Crippen LogP) is 0.564. The number of ether oxygens (including phenoxy) is 2. The quantitative estimate of drug-likeness (QED) is 0.654. The number of carbonyl (C=O) groups is 1. The van der Waals surface area contributed by atoms with E-state index in [1.165, 1.54) is 0 Å². The molecule has 22 heavy (non-hydrogen) atoms. The molecule has 0 amide bonds. The molecule has 0 saturated heterocycles. The summed E-state index contributed by atoms with van der Waals surface area (Å²) in [6, 6.07) is 0. The number of aromatic amines is 1. The lowest BCUT2D eigenvalue weighted by Crippen LogP contribution is -2.25. The van der Waals surface area contributed by atoms with Gasteiger partial charge in [0.15, 0.2) is 0 Å². The summed E-state index contributed by atoms with van der Waals surface area (Å²) in [7, 11) is 3.25. The van der Waals surface area contributed by atoms with Crippen LogP contribution in [0, 0.1) is 0 Å². The maximum Gasteiger partial charge on any atom is 0.423 e. The molecular formula is C11H16F3N3O5. The van der Waals surface area contributed by atoms with Crippen LogP contribution in [-0.4, -0.2) is 55.3 Å². The minimum absolute atomic E-state index is 0.0957. The first-order valence-corrected chi connectivity index (χ1v) is 5.82. The smallest absolute Gasteiger partial charge is 0.423 e. The number of nitrogens with one attached hydrogen (secondary N) is 2. The Kier molecular flexibility index (Phi) is 8.79. The van der Waals surface area contributed by atoms with E-state index < -0.39 is 35.6 Å². The second-order valence-electron chi connectivity index (χ2n) is 3.77. The number of nitrogens with zero attached hydrogens (tertiary/aromatic N) is 1. The number of aromatic nitrogens is 2. The van der Waals surface area contributed by atoms with Crippen molar-refractivity contribution >= 4 is 11.7 Å². The van der Waals surface area contributed by atoms with Gasteiger partial charge in [0.25, 0.3) is 5.56 Å². The van der Waals surface area contributed by atoms with Crippen LogP contribution in [0.15, 0.2) is 11.0 Å². The van der Waals surface area contributed by atoms with Crippen molar-refractivity contribution in [1.82, 2.24) is 10.2 Å². The van der Waals surface area contributed by atoms with Crippen molar-refractivity contribution in [1.29, 1.82) is 0 Å². The number of hydrogen-bond acceptors (Lipinski definition) is 6. The molecule has 1 aromatic heterocycles. The molecule has 8 nitrogen and oxygen atoms in total. The summed E-state index contributed by atoms with van der Waals surface area (Å²) in [4.78, 5) is 21.2. The van der Waals surface area contributed by atoms with E-state index in [9.17, 15) is 22.8 Å². The molecule has 11 heteroatoms. The van der Waals surface area contributed by atoms with E-state index in [1.54, 1.807) is 19.3 Å². The standard InChI is InChI=1S/C9H10F3N3O4.C2H6O/c10-9(11,12)7-5(3-14-15-8(7)18)13-1-2-19-4-6(16)17;1-3-2/h3H,1-2,4H2,(H,16,17)(H2,13,15,18);1-2H3. The molecule has 1 heterocycles. The largest absolute Gasteiger partial charge is 0.480 e. The molecule has 3 N–H and O–H groups in total. The molecular weight excluding hydrogens is 311 g/mol. The third kappa shape index (κ3) is 7.59. The lowest BCUT2D eigenvalue weighted by Gasteiger charge is -2.12. The summed E-state index contributed by atoms with van der Waals surface area (Å²) < 4.78 is 46.7.